The molecule has 8 nitrogen and oxygen atoms in total. The zero-order valence-electron chi connectivity index (χ0n) is 16.3. The lowest BCUT2D eigenvalue weighted by Crippen LogP contribution is -2.10. The molecule has 0 heterocycles. The number of hydrogen-bond donors (Lipinski definition) is 2. The number of benzene rings is 1. The summed E-state index contributed by atoms with van der Waals surface area (Å²) in [7, 11) is 0. The molecule has 1 aromatic rings. The van der Waals surface area contributed by atoms with E-state index in [1.54, 1.807) is 38.1 Å². The molecule has 8 heteroatoms. The summed E-state index contributed by atoms with van der Waals surface area (Å²) in [4.78, 5) is 32.1. The first-order valence-electron chi connectivity index (χ1n) is 8.62. The van der Waals surface area contributed by atoms with Gasteiger partial charge in [-0.25, -0.2) is 9.59 Å². The summed E-state index contributed by atoms with van der Waals surface area (Å²) in [5.41, 5.74) is 0.582. The number of carbonyl (C=O) groups excluding carboxylic acids is 2. The second-order valence-corrected chi connectivity index (χ2v) is 5.44. The van der Waals surface area contributed by atoms with Gasteiger partial charge in [-0.05, 0) is 39.8 Å². The number of aliphatic imine (C=N–C) groups is 2. The second kappa shape index (κ2) is 11.3. The molecule has 0 amide bonds. The van der Waals surface area contributed by atoms with Crippen LogP contribution in [-0.2, 0) is 19.1 Å². The van der Waals surface area contributed by atoms with Crippen LogP contribution in [0.3, 0.4) is 0 Å². The average molecular weight is 388 g/mol. The van der Waals surface area contributed by atoms with Gasteiger partial charge in [0.25, 0.3) is 0 Å². The average Bonchev–Trinajstić information content (AvgIpc) is 2.63. The van der Waals surface area contributed by atoms with Gasteiger partial charge in [-0.3, -0.25) is 9.98 Å². The molecular weight excluding hydrogens is 364 g/mol. The van der Waals surface area contributed by atoms with E-state index in [4.69, 9.17) is 9.47 Å². The third-order valence-electron chi connectivity index (χ3n) is 3.32. The van der Waals surface area contributed by atoms with Gasteiger partial charge in [0.1, 0.15) is 22.7 Å². The number of para-hydroxylation sites is 2. The Morgan fingerprint density at radius 2 is 1.21 bits per heavy atom. The topological polar surface area (TPSA) is 118 Å². The molecule has 150 valence electrons. The van der Waals surface area contributed by atoms with Crippen molar-refractivity contribution in [1.29, 1.82) is 0 Å². The summed E-state index contributed by atoms with van der Waals surface area (Å²) in [6.07, 6.45) is 2.36. The summed E-state index contributed by atoms with van der Waals surface area (Å²) in [6.45, 7) is 6.33. The van der Waals surface area contributed by atoms with Crippen molar-refractivity contribution in [3.8, 4) is 0 Å². The first-order valence-corrected chi connectivity index (χ1v) is 8.62. The Hall–Kier alpha value is -3.42. The minimum absolute atomic E-state index is 0.0843. The Morgan fingerprint density at radius 3 is 1.50 bits per heavy atom. The number of nitrogens with zero attached hydrogens (tertiary/aromatic N) is 2. The van der Waals surface area contributed by atoms with Crippen LogP contribution >= 0.6 is 0 Å². The lowest BCUT2D eigenvalue weighted by molar-refractivity contribution is -0.139. The Kier molecular flexibility index (Phi) is 9.15. The van der Waals surface area contributed by atoms with Crippen molar-refractivity contribution in [3.63, 3.8) is 0 Å². The number of ether oxygens (including phenoxy) is 2. The highest BCUT2D eigenvalue weighted by Gasteiger charge is 2.13. The normalized spacial score (nSPS) is 13.3. The smallest absolute Gasteiger partial charge is 0.343 e. The van der Waals surface area contributed by atoms with Crippen LogP contribution in [0.2, 0.25) is 0 Å². The predicted molar refractivity (Wildman–Crippen MR) is 107 cm³/mol. The van der Waals surface area contributed by atoms with E-state index in [9.17, 15) is 19.8 Å². The van der Waals surface area contributed by atoms with E-state index in [1.165, 1.54) is 26.3 Å². The molecule has 0 fully saturated rings. The molecule has 1 rings (SSSR count). The van der Waals surface area contributed by atoms with Crippen LogP contribution in [0.1, 0.15) is 27.7 Å². The van der Waals surface area contributed by atoms with Gasteiger partial charge in [0.15, 0.2) is 0 Å². The van der Waals surface area contributed by atoms with Gasteiger partial charge < -0.3 is 19.7 Å². The van der Waals surface area contributed by atoms with E-state index in [0.717, 1.165) is 0 Å². The summed E-state index contributed by atoms with van der Waals surface area (Å²) in [6, 6.07) is 6.70. The molecule has 0 spiro atoms. The lowest BCUT2D eigenvalue weighted by Gasteiger charge is -2.05. The highest BCUT2D eigenvalue weighted by molar-refractivity contribution is 6.11. The highest BCUT2D eigenvalue weighted by atomic mass is 16.5. The number of esters is 2. The summed E-state index contributed by atoms with van der Waals surface area (Å²) in [5.74, 6) is -1.86. The van der Waals surface area contributed by atoms with Crippen LogP contribution in [-0.4, -0.2) is 47.8 Å². The fraction of sp³-hybridized carbons (Fsp3) is 0.300. The molecule has 2 N–H and O–H groups in total. The van der Waals surface area contributed by atoms with E-state index in [0.29, 0.717) is 11.4 Å². The largest absolute Gasteiger partial charge is 0.512 e. The zero-order chi connectivity index (χ0) is 21.1. The maximum atomic E-state index is 11.9. The maximum Gasteiger partial charge on any atom is 0.343 e. The van der Waals surface area contributed by atoms with Crippen molar-refractivity contribution in [2.24, 2.45) is 9.98 Å². The fourth-order valence-corrected chi connectivity index (χ4v) is 1.96. The monoisotopic (exact) mass is 388 g/mol. The van der Waals surface area contributed by atoms with Crippen molar-refractivity contribution >= 4 is 35.7 Å². The number of rotatable bonds is 8. The Bertz CT molecular complexity index is 760. The standard InChI is InChI=1S/C20H24N2O6/c1-5-27-19(25)15(13(3)23)11-21-17-9-7-8-10-18(17)22-12-16(14(4)24)20(26)28-6-2/h7-12,23-24H,5-6H2,1-4H3. The number of carbonyl (C=O) groups is 2. The van der Waals surface area contributed by atoms with Crippen molar-refractivity contribution in [2.45, 2.75) is 27.7 Å². The predicted octanol–water partition coefficient (Wildman–Crippen LogP) is 3.88. The number of aliphatic hydroxyl groups excluding tert-OH is 2. The number of aliphatic hydroxyl groups is 2. The highest BCUT2D eigenvalue weighted by Crippen LogP contribution is 2.27. The van der Waals surface area contributed by atoms with Gasteiger partial charge in [0, 0.05) is 12.4 Å². The van der Waals surface area contributed by atoms with E-state index < -0.39 is 11.9 Å². The van der Waals surface area contributed by atoms with Gasteiger partial charge in [-0.2, -0.15) is 0 Å². The maximum absolute atomic E-state index is 11.9. The van der Waals surface area contributed by atoms with Gasteiger partial charge in [-0.1, -0.05) is 12.1 Å². The van der Waals surface area contributed by atoms with Crippen LogP contribution in [0, 0.1) is 0 Å². The Balaban J connectivity index is 3.21. The SMILES string of the molecule is CCOC(=O)C(C=Nc1ccccc1N=CC(C(=O)OCC)=C(C)O)=C(C)O. The van der Waals surface area contributed by atoms with Crippen LogP contribution in [0.4, 0.5) is 11.4 Å². The van der Waals surface area contributed by atoms with Crippen molar-refractivity contribution in [2.75, 3.05) is 13.2 Å². The number of hydrogen-bond acceptors (Lipinski definition) is 8. The van der Waals surface area contributed by atoms with Crippen LogP contribution in [0.15, 0.2) is 56.9 Å². The molecule has 0 aliphatic heterocycles. The molecule has 0 atom stereocenters. The first-order chi connectivity index (χ1) is 13.3. The minimum atomic E-state index is -0.698. The van der Waals surface area contributed by atoms with Gasteiger partial charge in [-0.15, -0.1) is 0 Å². The van der Waals surface area contributed by atoms with Crippen LogP contribution in [0.25, 0.3) is 0 Å². The molecule has 28 heavy (non-hydrogen) atoms. The molecule has 0 saturated carbocycles. The van der Waals surface area contributed by atoms with E-state index in [1.807, 2.05) is 0 Å². The molecule has 0 unspecified atom stereocenters. The molecule has 0 saturated heterocycles. The van der Waals surface area contributed by atoms with Crippen molar-refractivity contribution < 1.29 is 29.3 Å². The molecule has 0 aliphatic rings. The van der Waals surface area contributed by atoms with E-state index in [2.05, 4.69) is 9.98 Å². The second-order valence-electron chi connectivity index (χ2n) is 5.44. The molecule has 0 aliphatic carbocycles. The fourth-order valence-electron chi connectivity index (χ4n) is 1.96. The molecular formula is C20H24N2O6. The lowest BCUT2D eigenvalue weighted by atomic mass is 10.2. The summed E-state index contributed by atoms with van der Waals surface area (Å²) < 4.78 is 9.75. The third-order valence-corrected chi connectivity index (χ3v) is 3.32. The molecule has 1 aromatic carbocycles. The molecule has 0 radical (unpaired) electrons. The van der Waals surface area contributed by atoms with Crippen LogP contribution in [0.5, 0.6) is 0 Å². The first kappa shape index (κ1) is 22.6. The van der Waals surface area contributed by atoms with Crippen LogP contribution < -0.4 is 0 Å². The summed E-state index contributed by atoms with van der Waals surface area (Å²) >= 11 is 0. The minimum Gasteiger partial charge on any atom is -0.512 e. The Labute approximate surface area is 163 Å². The van der Waals surface area contributed by atoms with Gasteiger partial charge in [0.2, 0.25) is 0 Å². The molecule has 0 bridgehead atoms. The van der Waals surface area contributed by atoms with Gasteiger partial charge >= 0.3 is 11.9 Å². The number of allylic oxidation sites excluding steroid dienone is 2. The van der Waals surface area contributed by atoms with Crippen molar-refractivity contribution in [1.82, 2.24) is 0 Å². The van der Waals surface area contributed by atoms with E-state index >= 15 is 0 Å². The van der Waals surface area contributed by atoms with E-state index in [-0.39, 0.29) is 35.9 Å². The van der Waals surface area contributed by atoms with Gasteiger partial charge in [0.05, 0.1) is 24.6 Å². The zero-order valence-corrected chi connectivity index (χ0v) is 16.3. The Morgan fingerprint density at radius 1 is 0.857 bits per heavy atom. The van der Waals surface area contributed by atoms with Crippen molar-refractivity contribution in [3.05, 3.63) is 46.9 Å². The molecule has 0 aromatic heterocycles. The quantitative estimate of drug-likeness (QED) is 0.302. The third kappa shape index (κ3) is 6.71. The summed E-state index contributed by atoms with van der Waals surface area (Å²) in [5, 5.41) is 19.4.